The maximum atomic E-state index is 12.6. The molecule has 0 saturated heterocycles. The molecule has 1 amide bonds. The first-order chi connectivity index (χ1) is 19.0. The Morgan fingerprint density at radius 3 is 2.59 bits per heavy atom. The number of nitrogens with two attached hydrogens (primary N) is 1. The Morgan fingerprint density at radius 1 is 1.18 bits per heavy atom. The van der Waals surface area contributed by atoms with Crippen molar-refractivity contribution < 1.29 is 14.3 Å². The molecule has 0 radical (unpaired) electrons. The highest BCUT2D eigenvalue weighted by Gasteiger charge is 2.11. The first-order valence-electron chi connectivity index (χ1n) is 12.3. The summed E-state index contributed by atoms with van der Waals surface area (Å²) < 4.78 is 10.5. The summed E-state index contributed by atoms with van der Waals surface area (Å²) in [5.41, 5.74) is 9.54. The van der Waals surface area contributed by atoms with Crippen LogP contribution in [0.4, 0.5) is 5.82 Å². The van der Waals surface area contributed by atoms with Gasteiger partial charge in [0.05, 0.1) is 14.2 Å². The van der Waals surface area contributed by atoms with Crippen LogP contribution < -0.4 is 20.5 Å². The van der Waals surface area contributed by atoms with E-state index in [-0.39, 0.29) is 5.91 Å². The van der Waals surface area contributed by atoms with Gasteiger partial charge >= 0.3 is 0 Å². The molecule has 1 aromatic carbocycles. The highest BCUT2D eigenvalue weighted by molar-refractivity contribution is 6.10. The van der Waals surface area contributed by atoms with E-state index in [2.05, 4.69) is 38.1 Å². The number of nitrogens with one attached hydrogen (secondary N) is 2. The number of H-pyrrole nitrogens is 1. The molecule has 200 valence electrons. The molecule has 2 aromatic heterocycles. The number of pyridine rings is 1. The van der Waals surface area contributed by atoms with Crippen molar-refractivity contribution in [3.05, 3.63) is 95.6 Å². The van der Waals surface area contributed by atoms with Crippen LogP contribution in [0.5, 0.6) is 11.6 Å². The topological polar surface area (TPSA) is 128 Å². The number of carbonyl (C=O) groups excluding carboxylic acids is 1. The lowest BCUT2D eigenvalue weighted by molar-refractivity contribution is 0.0954. The number of methoxy groups -OCH3 is 2. The van der Waals surface area contributed by atoms with Crippen LogP contribution in [-0.4, -0.2) is 47.3 Å². The third kappa shape index (κ3) is 8.20. The molecule has 3 aromatic rings. The number of hydrogen-bond acceptors (Lipinski definition) is 7. The van der Waals surface area contributed by atoms with Gasteiger partial charge in [-0.2, -0.15) is 4.98 Å². The molecule has 4 N–H and O–H groups in total. The Kier molecular flexibility index (Phi) is 10.7. The fourth-order valence-corrected chi connectivity index (χ4v) is 3.51. The summed E-state index contributed by atoms with van der Waals surface area (Å²) in [6.07, 6.45) is 17.7. The van der Waals surface area contributed by atoms with Crippen LogP contribution in [0.25, 0.3) is 5.70 Å². The predicted molar refractivity (Wildman–Crippen MR) is 154 cm³/mol. The van der Waals surface area contributed by atoms with E-state index in [9.17, 15) is 4.79 Å². The van der Waals surface area contributed by atoms with Crippen molar-refractivity contribution in [3.8, 4) is 24.0 Å². The lowest BCUT2D eigenvalue weighted by atomic mass is 10.1. The molecule has 0 saturated carbocycles. The van der Waals surface area contributed by atoms with Crippen molar-refractivity contribution in [1.29, 1.82) is 0 Å². The van der Waals surface area contributed by atoms with Crippen LogP contribution >= 0.6 is 0 Å². The number of allylic oxidation sites excluding steroid dienone is 4. The normalized spacial score (nSPS) is 12.3. The van der Waals surface area contributed by atoms with Gasteiger partial charge in [-0.1, -0.05) is 37.1 Å². The summed E-state index contributed by atoms with van der Waals surface area (Å²) in [5.74, 6) is 4.06. The third-order valence-electron chi connectivity index (χ3n) is 5.51. The minimum absolute atomic E-state index is 0.180. The molecule has 0 aliphatic heterocycles. The molecule has 9 heteroatoms. The first kappa shape index (κ1) is 28.5. The van der Waals surface area contributed by atoms with Gasteiger partial charge in [0.2, 0.25) is 0 Å². The Bertz CT molecular complexity index is 1410. The summed E-state index contributed by atoms with van der Waals surface area (Å²) >= 11 is 0. The van der Waals surface area contributed by atoms with Crippen molar-refractivity contribution in [3.63, 3.8) is 0 Å². The molecule has 2 heterocycles. The maximum Gasteiger partial charge on any atom is 0.258 e. The van der Waals surface area contributed by atoms with Gasteiger partial charge in [-0.15, -0.1) is 6.42 Å². The van der Waals surface area contributed by atoms with Crippen LogP contribution in [0.15, 0.2) is 83.7 Å². The van der Waals surface area contributed by atoms with Crippen molar-refractivity contribution in [2.75, 3.05) is 20.8 Å². The van der Waals surface area contributed by atoms with E-state index in [4.69, 9.17) is 21.6 Å². The summed E-state index contributed by atoms with van der Waals surface area (Å²) in [6, 6.07) is 10.4. The SMILES string of the molecule is C#C/C=C(\C=C/CC)CCNC(=O)c1ccc(/C(N)=C/C(=Nc2ccc(OC)c(OC)n2)c2ncc[nH]2)cc1. The molecule has 0 unspecified atom stereocenters. The quantitative estimate of drug-likeness (QED) is 0.181. The van der Waals surface area contributed by atoms with Crippen LogP contribution in [0.2, 0.25) is 0 Å². The van der Waals surface area contributed by atoms with Crippen molar-refractivity contribution >= 4 is 23.1 Å². The number of ether oxygens (including phenoxy) is 2. The van der Waals surface area contributed by atoms with E-state index >= 15 is 0 Å². The van der Waals surface area contributed by atoms with Gasteiger partial charge in [0, 0.05) is 30.2 Å². The predicted octanol–water partition coefficient (Wildman–Crippen LogP) is 4.59. The molecule has 0 fully saturated rings. The van der Waals surface area contributed by atoms with Gasteiger partial charge in [0.15, 0.2) is 17.4 Å². The van der Waals surface area contributed by atoms with E-state index in [0.717, 1.165) is 17.6 Å². The number of rotatable bonds is 12. The van der Waals surface area contributed by atoms with Crippen molar-refractivity contribution in [2.24, 2.45) is 10.7 Å². The van der Waals surface area contributed by atoms with Crippen molar-refractivity contribution in [2.45, 2.75) is 19.8 Å². The molecular weight excluding hydrogens is 492 g/mol. The minimum atomic E-state index is -0.180. The van der Waals surface area contributed by atoms with Gasteiger partial charge in [-0.05, 0) is 60.4 Å². The number of aliphatic imine (C=N–C) groups is 1. The maximum absolute atomic E-state index is 12.6. The standard InChI is InChI=1S/C30H32N6O3/c1-5-7-9-21(8-6-2)16-17-34-29(37)23-12-10-22(11-13-23)24(31)20-25(28-32-18-19-33-28)35-27-15-14-26(38-3)30(36-27)39-4/h2,7-15,18-20H,5,16-17,31H2,1,3-4H3,(H,32,33)(H,34,37)/b9-7-,21-8+,24-20-,35-25?. The van der Waals surface area contributed by atoms with E-state index < -0.39 is 0 Å². The van der Waals surface area contributed by atoms with Crippen LogP contribution in [0.1, 0.15) is 41.5 Å². The fraction of sp³-hybridized carbons (Fsp3) is 0.200. The number of carbonyl (C=O) groups is 1. The number of aromatic nitrogens is 3. The summed E-state index contributed by atoms with van der Waals surface area (Å²) in [5, 5.41) is 2.92. The monoisotopic (exact) mass is 524 g/mol. The van der Waals surface area contributed by atoms with Crippen LogP contribution in [-0.2, 0) is 0 Å². The summed E-state index contributed by atoms with van der Waals surface area (Å²) in [4.78, 5) is 28.9. The minimum Gasteiger partial charge on any atom is -0.491 e. The van der Waals surface area contributed by atoms with E-state index in [0.29, 0.717) is 53.2 Å². The van der Waals surface area contributed by atoms with Crippen molar-refractivity contribution in [1.82, 2.24) is 20.3 Å². The third-order valence-corrected chi connectivity index (χ3v) is 5.51. The van der Waals surface area contributed by atoms with Gasteiger partial charge in [0.25, 0.3) is 11.8 Å². The average molecular weight is 525 g/mol. The second kappa shape index (κ2) is 14.6. The zero-order valence-electron chi connectivity index (χ0n) is 22.3. The Morgan fingerprint density at radius 2 is 1.95 bits per heavy atom. The lowest BCUT2D eigenvalue weighted by Crippen LogP contribution is -2.24. The number of amides is 1. The zero-order valence-corrected chi connectivity index (χ0v) is 22.3. The highest BCUT2D eigenvalue weighted by Crippen LogP contribution is 2.27. The Labute approximate surface area is 228 Å². The summed E-state index contributed by atoms with van der Waals surface area (Å²) in [7, 11) is 3.04. The van der Waals surface area contributed by atoms with Gasteiger partial charge in [-0.3, -0.25) is 4.79 Å². The number of imidazole rings is 1. The number of nitrogens with zero attached hydrogens (tertiary/aromatic N) is 3. The van der Waals surface area contributed by atoms with Crippen LogP contribution in [0.3, 0.4) is 0 Å². The second-order valence-electron chi connectivity index (χ2n) is 8.20. The number of terminal acetylenes is 1. The molecule has 39 heavy (non-hydrogen) atoms. The summed E-state index contributed by atoms with van der Waals surface area (Å²) in [6.45, 7) is 2.52. The van der Waals surface area contributed by atoms with Gasteiger partial charge in [-0.25, -0.2) is 9.98 Å². The lowest BCUT2D eigenvalue weighted by Gasteiger charge is -2.08. The molecule has 0 atom stereocenters. The highest BCUT2D eigenvalue weighted by atomic mass is 16.5. The molecular formula is C30H32N6O3. The number of hydrogen-bond donors (Lipinski definition) is 3. The largest absolute Gasteiger partial charge is 0.491 e. The smallest absolute Gasteiger partial charge is 0.258 e. The van der Waals surface area contributed by atoms with Gasteiger partial charge < -0.3 is 25.5 Å². The van der Waals surface area contributed by atoms with Crippen LogP contribution in [0, 0.1) is 12.3 Å². The molecule has 3 rings (SSSR count). The molecule has 0 spiro atoms. The van der Waals surface area contributed by atoms with E-state index in [1.165, 1.54) is 14.2 Å². The van der Waals surface area contributed by atoms with E-state index in [1.54, 1.807) is 60.9 Å². The van der Waals surface area contributed by atoms with E-state index in [1.807, 2.05) is 12.2 Å². The second-order valence-corrected chi connectivity index (χ2v) is 8.20. The molecule has 0 bridgehead atoms. The average Bonchev–Trinajstić information content (AvgIpc) is 3.50. The Hall–Kier alpha value is -5.10. The number of benzene rings is 1. The first-order valence-corrected chi connectivity index (χ1v) is 12.3. The fourth-order valence-electron chi connectivity index (χ4n) is 3.51. The number of aromatic amines is 1. The van der Waals surface area contributed by atoms with Gasteiger partial charge in [0.1, 0.15) is 5.71 Å². The molecule has 0 aliphatic carbocycles. The zero-order chi connectivity index (χ0) is 28.0. The molecule has 9 nitrogen and oxygen atoms in total. The Balaban J connectivity index is 1.76. The molecule has 0 aliphatic rings.